The zero-order valence-electron chi connectivity index (χ0n) is 8.88. The molecule has 1 aromatic rings. The fourth-order valence-corrected chi connectivity index (χ4v) is 1.34. The minimum Gasteiger partial charge on any atom is -0.396 e. The molecule has 1 aromatic carbocycles. The summed E-state index contributed by atoms with van der Waals surface area (Å²) in [5.41, 5.74) is 6.39. The third kappa shape index (κ3) is 3.68. The van der Waals surface area contributed by atoms with E-state index in [1.165, 1.54) is 0 Å². The van der Waals surface area contributed by atoms with Gasteiger partial charge in [0, 0.05) is 5.02 Å². The maximum Gasteiger partial charge on any atom is 0.111 e. The summed E-state index contributed by atoms with van der Waals surface area (Å²) in [7, 11) is 0. The highest BCUT2D eigenvalue weighted by Gasteiger charge is 2.09. The molecule has 0 spiro atoms. The molecule has 3 nitrogen and oxygen atoms in total. The molecule has 0 radical (unpaired) electrons. The van der Waals surface area contributed by atoms with Gasteiger partial charge < -0.3 is 5.73 Å². The number of nitrogens with two attached hydrogens (primary N) is 1. The topological polar surface area (TPSA) is 50.7 Å². The fourth-order valence-electron chi connectivity index (χ4n) is 0.858. The molecule has 15 heavy (non-hydrogen) atoms. The molecule has 0 heterocycles. The standard InChI is InChI=1S/C10H13Cl2N3/c1-10(2,3)15-14-8-5-6(11)4-7(12)9(8)13/h4-5H,13H2,1-3H3. The van der Waals surface area contributed by atoms with E-state index >= 15 is 0 Å². The Balaban J connectivity index is 3.10. The molecule has 0 saturated carbocycles. The van der Waals surface area contributed by atoms with E-state index in [0.717, 1.165) is 0 Å². The summed E-state index contributed by atoms with van der Waals surface area (Å²) in [4.78, 5) is 0. The van der Waals surface area contributed by atoms with Crippen molar-refractivity contribution in [2.45, 2.75) is 26.3 Å². The second-order valence-corrected chi connectivity index (χ2v) is 5.03. The Morgan fingerprint density at radius 1 is 1.20 bits per heavy atom. The highest BCUT2D eigenvalue weighted by molar-refractivity contribution is 6.37. The smallest absolute Gasteiger partial charge is 0.111 e. The maximum absolute atomic E-state index is 5.86. The van der Waals surface area contributed by atoms with Gasteiger partial charge in [0.25, 0.3) is 0 Å². The normalized spacial score (nSPS) is 12.3. The van der Waals surface area contributed by atoms with Crippen LogP contribution >= 0.6 is 23.2 Å². The van der Waals surface area contributed by atoms with Crippen LogP contribution in [0.3, 0.4) is 0 Å². The van der Waals surface area contributed by atoms with Crippen molar-refractivity contribution in [1.29, 1.82) is 0 Å². The van der Waals surface area contributed by atoms with E-state index in [9.17, 15) is 0 Å². The van der Waals surface area contributed by atoms with Crippen molar-refractivity contribution in [2.75, 3.05) is 5.73 Å². The van der Waals surface area contributed by atoms with Crippen molar-refractivity contribution < 1.29 is 0 Å². The van der Waals surface area contributed by atoms with E-state index in [4.69, 9.17) is 28.9 Å². The zero-order chi connectivity index (χ0) is 11.6. The predicted octanol–water partition coefficient (Wildman–Crippen LogP) is 4.46. The minimum atomic E-state index is -0.249. The average molecular weight is 246 g/mol. The first kappa shape index (κ1) is 12.3. The molecule has 2 N–H and O–H groups in total. The van der Waals surface area contributed by atoms with Gasteiger partial charge in [0.15, 0.2) is 0 Å². The molecule has 0 amide bonds. The van der Waals surface area contributed by atoms with Crippen LogP contribution in [-0.4, -0.2) is 5.54 Å². The van der Waals surface area contributed by atoms with Crippen LogP contribution in [0.4, 0.5) is 11.4 Å². The Morgan fingerprint density at radius 3 is 2.33 bits per heavy atom. The number of halogens is 2. The lowest BCUT2D eigenvalue weighted by molar-refractivity contribution is 0.552. The van der Waals surface area contributed by atoms with Gasteiger partial charge in [0.2, 0.25) is 0 Å². The summed E-state index contributed by atoms with van der Waals surface area (Å²) < 4.78 is 0. The number of benzene rings is 1. The van der Waals surface area contributed by atoms with E-state index in [0.29, 0.717) is 21.4 Å². The van der Waals surface area contributed by atoms with Gasteiger partial charge in [0.05, 0.1) is 16.2 Å². The van der Waals surface area contributed by atoms with Crippen LogP contribution in [0.2, 0.25) is 10.0 Å². The number of rotatable bonds is 1. The van der Waals surface area contributed by atoms with Crippen LogP contribution in [0.15, 0.2) is 22.4 Å². The SMILES string of the molecule is CC(C)(C)N=Nc1cc(Cl)cc(Cl)c1N. The van der Waals surface area contributed by atoms with E-state index < -0.39 is 0 Å². The van der Waals surface area contributed by atoms with E-state index in [1.807, 2.05) is 20.8 Å². The summed E-state index contributed by atoms with van der Waals surface area (Å²) in [6.45, 7) is 5.83. The number of hydrogen-bond acceptors (Lipinski definition) is 3. The van der Waals surface area contributed by atoms with Gasteiger partial charge in [0.1, 0.15) is 5.69 Å². The molecule has 1 rings (SSSR count). The van der Waals surface area contributed by atoms with Crippen LogP contribution in [0, 0.1) is 0 Å². The Labute approximate surface area is 99.3 Å². The summed E-state index contributed by atoms with van der Waals surface area (Å²) in [5, 5.41) is 9.02. The molecule has 82 valence electrons. The molecular formula is C10H13Cl2N3. The number of nitrogen functional groups attached to an aromatic ring is 1. The van der Waals surface area contributed by atoms with Gasteiger partial charge in [-0.15, -0.1) is 0 Å². The van der Waals surface area contributed by atoms with Gasteiger partial charge >= 0.3 is 0 Å². The summed E-state index contributed by atoms with van der Waals surface area (Å²) >= 11 is 11.7. The number of azo groups is 1. The molecule has 0 aromatic heterocycles. The molecule has 0 unspecified atom stereocenters. The van der Waals surface area contributed by atoms with Gasteiger partial charge in [-0.2, -0.15) is 10.2 Å². The highest BCUT2D eigenvalue weighted by Crippen LogP contribution is 2.34. The van der Waals surface area contributed by atoms with Crippen molar-refractivity contribution in [3.05, 3.63) is 22.2 Å². The summed E-state index contributed by atoms with van der Waals surface area (Å²) in [5.74, 6) is 0. The molecule has 0 atom stereocenters. The molecule has 0 fully saturated rings. The van der Waals surface area contributed by atoms with E-state index in [2.05, 4.69) is 10.2 Å². The van der Waals surface area contributed by atoms with Crippen LogP contribution < -0.4 is 5.73 Å². The quantitative estimate of drug-likeness (QED) is 0.577. The van der Waals surface area contributed by atoms with Crippen molar-refractivity contribution in [2.24, 2.45) is 10.2 Å². The Hall–Kier alpha value is -0.800. The second kappa shape index (κ2) is 4.37. The first-order valence-electron chi connectivity index (χ1n) is 4.47. The zero-order valence-corrected chi connectivity index (χ0v) is 10.4. The van der Waals surface area contributed by atoms with Crippen LogP contribution in [-0.2, 0) is 0 Å². The Kier molecular flexibility index (Phi) is 3.58. The maximum atomic E-state index is 5.86. The van der Waals surface area contributed by atoms with Crippen LogP contribution in [0.5, 0.6) is 0 Å². The molecular weight excluding hydrogens is 233 g/mol. The van der Waals surface area contributed by atoms with Crippen molar-refractivity contribution >= 4 is 34.6 Å². The second-order valence-electron chi connectivity index (χ2n) is 4.19. The first-order valence-corrected chi connectivity index (χ1v) is 5.22. The fraction of sp³-hybridized carbons (Fsp3) is 0.400. The third-order valence-electron chi connectivity index (χ3n) is 1.53. The third-order valence-corrected chi connectivity index (χ3v) is 2.06. The first-order chi connectivity index (χ1) is 6.79. The summed E-state index contributed by atoms with van der Waals surface area (Å²) in [6.07, 6.45) is 0. The van der Waals surface area contributed by atoms with E-state index in [1.54, 1.807) is 12.1 Å². The molecule has 0 bridgehead atoms. The monoisotopic (exact) mass is 245 g/mol. The number of nitrogens with zero attached hydrogens (tertiary/aromatic N) is 2. The van der Waals surface area contributed by atoms with Crippen molar-refractivity contribution in [3.63, 3.8) is 0 Å². The highest BCUT2D eigenvalue weighted by atomic mass is 35.5. The van der Waals surface area contributed by atoms with Crippen molar-refractivity contribution in [3.8, 4) is 0 Å². The molecule has 0 aliphatic rings. The lowest BCUT2D eigenvalue weighted by Crippen LogP contribution is -2.07. The lowest BCUT2D eigenvalue weighted by Gasteiger charge is -2.10. The Morgan fingerprint density at radius 2 is 1.80 bits per heavy atom. The molecule has 0 saturated heterocycles. The molecule has 0 aliphatic carbocycles. The number of anilines is 1. The molecule has 0 aliphatic heterocycles. The minimum absolute atomic E-state index is 0.249. The largest absolute Gasteiger partial charge is 0.396 e. The number of hydrogen-bond donors (Lipinski definition) is 1. The van der Waals surface area contributed by atoms with Gasteiger partial charge in [-0.05, 0) is 32.9 Å². The van der Waals surface area contributed by atoms with Gasteiger partial charge in [-0.3, -0.25) is 0 Å². The van der Waals surface area contributed by atoms with Crippen LogP contribution in [0.1, 0.15) is 20.8 Å². The lowest BCUT2D eigenvalue weighted by atomic mass is 10.1. The van der Waals surface area contributed by atoms with Gasteiger partial charge in [-0.25, -0.2) is 0 Å². The van der Waals surface area contributed by atoms with E-state index in [-0.39, 0.29) is 5.54 Å². The average Bonchev–Trinajstić information content (AvgIpc) is 2.07. The molecule has 5 heteroatoms. The Bertz CT molecular complexity index is 394. The van der Waals surface area contributed by atoms with Crippen LogP contribution in [0.25, 0.3) is 0 Å². The van der Waals surface area contributed by atoms with Crippen molar-refractivity contribution in [1.82, 2.24) is 0 Å². The summed E-state index contributed by atoms with van der Waals surface area (Å²) in [6, 6.07) is 3.21. The van der Waals surface area contributed by atoms with Gasteiger partial charge in [-0.1, -0.05) is 23.2 Å². The predicted molar refractivity (Wildman–Crippen MR) is 65.1 cm³/mol.